The lowest BCUT2D eigenvalue weighted by molar-refractivity contribution is 0.0720. The number of ether oxygens (including phenoxy) is 1. The van der Waals surface area contributed by atoms with E-state index >= 15 is 0 Å². The summed E-state index contributed by atoms with van der Waals surface area (Å²) >= 11 is 0. The molecule has 2 aromatic carbocycles. The summed E-state index contributed by atoms with van der Waals surface area (Å²) in [5, 5.41) is 10.3. The Morgan fingerprint density at radius 2 is 1.71 bits per heavy atom. The molecule has 0 saturated carbocycles. The van der Waals surface area contributed by atoms with Gasteiger partial charge in [0.1, 0.15) is 18.5 Å². The Morgan fingerprint density at radius 3 is 2.39 bits per heavy atom. The van der Waals surface area contributed by atoms with Gasteiger partial charge in [-0.15, -0.1) is 0 Å². The molecule has 7 nitrogen and oxygen atoms in total. The molecule has 2 N–H and O–H groups in total. The predicted molar refractivity (Wildman–Crippen MR) is 119 cm³/mol. The van der Waals surface area contributed by atoms with Crippen LogP contribution in [0.5, 0.6) is 5.75 Å². The minimum absolute atomic E-state index is 0.0530. The van der Waals surface area contributed by atoms with Crippen molar-refractivity contribution < 1.29 is 23.1 Å². The Labute approximate surface area is 184 Å². The third kappa shape index (κ3) is 5.84. The molecule has 1 heterocycles. The van der Waals surface area contributed by atoms with E-state index in [0.29, 0.717) is 18.8 Å². The molecular formula is C23H30N2O5S. The van der Waals surface area contributed by atoms with Gasteiger partial charge in [0.15, 0.2) is 0 Å². The Kier molecular flexibility index (Phi) is 7.69. The zero-order valence-corrected chi connectivity index (χ0v) is 18.8. The molecule has 8 heteroatoms. The van der Waals surface area contributed by atoms with Crippen molar-refractivity contribution in [3.63, 3.8) is 0 Å². The van der Waals surface area contributed by atoms with Crippen LogP contribution in [-0.2, 0) is 10.0 Å². The first kappa shape index (κ1) is 23.2. The predicted octanol–water partition coefficient (Wildman–Crippen LogP) is 2.65. The highest BCUT2D eigenvalue weighted by Gasteiger charge is 2.26. The molecule has 168 valence electrons. The number of carbonyl (C=O) groups excluding carboxylic acids is 1. The van der Waals surface area contributed by atoms with E-state index in [9.17, 15) is 18.3 Å². The minimum Gasteiger partial charge on any atom is -0.490 e. The lowest BCUT2D eigenvalue weighted by Crippen LogP contribution is -2.38. The van der Waals surface area contributed by atoms with Gasteiger partial charge in [-0.05, 0) is 56.4 Å². The lowest BCUT2D eigenvalue weighted by atomic mass is 10.1. The first-order chi connectivity index (χ1) is 14.8. The highest BCUT2D eigenvalue weighted by molar-refractivity contribution is 7.89. The fraction of sp³-hybridized carbons (Fsp3) is 0.435. The van der Waals surface area contributed by atoms with Crippen molar-refractivity contribution in [2.24, 2.45) is 0 Å². The van der Waals surface area contributed by atoms with Crippen LogP contribution in [0.3, 0.4) is 0 Å². The second-order valence-electron chi connectivity index (χ2n) is 7.89. The number of nitrogens with one attached hydrogen (secondary N) is 1. The average Bonchev–Trinajstić information content (AvgIpc) is 2.77. The van der Waals surface area contributed by atoms with Gasteiger partial charge in [0.05, 0.1) is 10.5 Å². The van der Waals surface area contributed by atoms with Gasteiger partial charge in [-0.25, -0.2) is 13.1 Å². The second kappa shape index (κ2) is 10.3. The molecule has 0 aromatic heterocycles. The van der Waals surface area contributed by atoms with Crippen LogP contribution in [-0.4, -0.2) is 56.7 Å². The fourth-order valence-corrected chi connectivity index (χ4v) is 4.96. The summed E-state index contributed by atoms with van der Waals surface area (Å²) in [7, 11) is -3.98. The number of carbonyl (C=O) groups is 1. The van der Waals surface area contributed by atoms with Crippen LogP contribution < -0.4 is 9.46 Å². The van der Waals surface area contributed by atoms with Crippen molar-refractivity contribution in [1.29, 1.82) is 0 Å². The molecule has 1 aliphatic heterocycles. The number of aliphatic hydroxyl groups excluding tert-OH is 1. The van der Waals surface area contributed by atoms with E-state index in [-0.39, 0.29) is 29.5 Å². The first-order valence-corrected chi connectivity index (χ1v) is 12.0. The Morgan fingerprint density at radius 1 is 1.06 bits per heavy atom. The smallest absolute Gasteiger partial charge is 0.255 e. The molecule has 1 aliphatic rings. The molecule has 0 radical (unpaired) electrons. The first-order valence-electron chi connectivity index (χ1n) is 10.5. The number of hydrogen-bond acceptors (Lipinski definition) is 5. The summed E-state index contributed by atoms with van der Waals surface area (Å²) in [4.78, 5) is 14.5. The van der Waals surface area contributed by atoms with E-state index in [1.807, 2.05) is 32.0 Å². The van der Waals surface area contributed by atoms with Gasteiger partial charge in [-0.1, -0.05) is 30.3 Å². The molecule has 31 heavy (non-hydrogen) atoms. The molecule has 1 atom stereocenters. The molecule has 1 saturated heterocycles. The maximum Gasteiger partial charge on any atom is 0.255 e. The van der Waals surface area contributed by atoms with Crippen LogP contribution in [0.4, 0.5) is 0 Å². The van der Waals surface area contributed by atoms with E-state index in [1.54, 1.807) is 17.0 Å². The van der Waals surface area contributed by atoms with E-state index in [1.165, 1.54) is 12.1 Å². The topological polar surface area (TPSA) is 95.9 Å². The summed E-state index contributed by atoms with van der Waals surface area (Å²) in [6.45, 7) is 4.81. The summed E-state index contributed by atoms with van der Waals surface area (Å²) in [5.74, 6) is 0.404. The van der Waals surface area contributed by atoms with Gasteiger partial charge in [0.25, 0.3) is 5.91 Å². The normalized spacial score (nSPS) is 15.5. The summed E-state index contributed by atoms with van der Waals surface area (Å²) in [5.41, 5.74) is 2.04. The van der Waals surface area contributed by atoms with Gasteiger partial charge in [0, 0.05) is 19.6 Å². The monoisotopic (exact) mass is 446 g/mol. The van der Waals surface area contributed by atoms with Crippen molar-refractivity contribution in [1.82, 2.24) is 9.62 Å². The summed E-state index contributed by atoms with van der Waals surface area (Å²) in [6.07, 6.45) is 1.88. The van der Waals surface area contributed by atoms with Crippen LogP contribution in [0.2, 0.25) is 0 Å². The zero-order valence-electron chi connectivity index (χ0n) is 18.0. The van der Waals surface area contributed by atoms with E-state index in [0.717, 1.165) is 30.4 Å². The zero-order chi connectivity index (χ0) is 22.4. The maximum absolute atomic E-state index is 12.9. The van der Waals surface area contributed by atoms with E-state index in [2.05, 4.69) is 4.72 Å². The van der Waals surface area contributed by atoms with E-state index in [4.69, 9.17) is 4.74 Å². The van der Waals surface area contributed by atoms with Crippen molar-refractivity contribution in [2.45, 2.75) is 44.1 Å². The molecule has 0 aliphatic carbocycles. The van der Waals surface area contributed by atoms with Gasteiger partial charge in [0.2, 0.25) is 10.0 Å². The van der Waals surface area contributed by atoms with Crippen LogP contribution in [0.15, 0.2) is 47.4 Å². The minimum atomic E-state index is -3.98. The van der Waals surface area contributed by atoms with Crippen molar-refractivity contribution >= 4 is 15.9 Å². The number of aliphatic hydroxyl groups is 1. The molecule has 0 spiro atoms. The number of hydrogen-bond donors (Lipinski definition) is 2. The SMILES string of the molecule is Cc1cccc(C)c1OC[C@H](O)CNS(=O)(=O)c1ccccc1C(=O)N1CCCCC1. The number of benzene rings is 2. The number of aryl methyl sites for hydroxylation is 2. The van der Waals surface area contributed by atoms with Crippen molar-refractivity contribution in [2.75, 3.05) is 26.2 Å². The molecule has 1 fully saturated rings. The quantitative estimate of drug-likeness (QED) is 0.650. The maximum atomic E-state index is 12.9. The molecule has 2 aromatic rings. The average molecular weight is 447 g/mol. The lowest BCUT2D eigenvalue weighted by Gasteiger charge is -2.27. The Balaban J connectivity index is 1.65. The van der Waals surface area contributed by atoms with Crippen LogP contribution in [0.1, 0.15) is 40.7 Å². The molecule has 3 rings (SSSR count). The highest BCUT2D eigenvalue weighted by atomic mass is 32.2. The number of amides is 1. The molecule has 0 unspecified atom stereocenters. The van der Waals surface area contributed by atoms with Crippen LogP contribution >= 0.6 is 0 Å². The number of sulfonamides is 1. The Hall–Kier alpha value is -2.42. The molecular weight excluding hydrogens is 416 g/mol. The van der Waals surface area contributed by atoms with Crippen LogP contribution in [0, 0.1) is 13.8 Å². The van der Waals surface area contributed by atoms with Gasteiger partial charge >= 0.3 is 0 Å². The number of rotatable bonds is 8. The number of likely N-dealkylation sites (tertiary alicyclic amines) is 1. The fourth-order valence-electron chi connectivity index (χ4n) is 3.69. The van der Waals surface area contributed by atoms with Crippen molar-refractivity contribution in [3.05, 3.63) is 59.2 Å². The number of piperidine rings is 1. The van der Waals surface area contributed by atoms with Gasteiger partial charge < -0.3 is 14.7 Å². The van der Waals surface area contributed by atoms with E-state index < -0.39 is 16.1 Å². The second-order valence-corrected chi connectivity index (χ2v) is 9.62. The number of para-hydroxylation sites is 1. The van der Waals surface area contributed by atoms with Crippen LogP contribution in [0.25, 0.3) is 0 Å². The molecule has 1 amide bonds. The summed E-state index contributed by atoms with van der Waals surface area (Å²) < 4.78 is 33.9. The third-order valence-corrected chi connectivity index (χ3v) is 6.87. The van der Waals surface area contributed by atoms with Crippen molar-refractivity contribution in [3.8, 4) is 5.75 Å². The number of nitrogens with zero attached hydrogens (tertiary/aromatic N) is 1. The highest BCUT2D eigenvalue weighted by Crippen LogP contribution is 2.23. The molecule has 0 bridgehead atoms. The standard InChI is InChI=1S/C23H30N2O5S/c1-17-9-8-10-18(2)22(17)30-16-19(26)15-24-31(28,29)21-12-5-4-11-20(21)23(27)25-13-6-3-7-14-25/h4-5,8-12,19,24,26H,3,6-7,13-16H2,1-2H3/t19-/m1/s1. The Bertz CT molecular complexity index is 996. The van der Waals surface area contributed by atoms with Gasteiger partial charge in [-0.2, -0.15) is 0 Å². The van der Waals surface area contributed by atoms with Gasteiger partial charge in [-0.3, -0.25) is 4.79 Å². The largest absolute Gasteiger partial charge is 0.490 e. The summed E-state index contributed by atoms with van der Waals surface area (Å²) in [6, 6.07) is 11.9. The third-order valence-electron chi connectivity index (χ3n) is 5.39.